The standard InChI is InChI=1S/C13H10ClO/c1-10-7-8-13(12(14)9-10)15-11-5-3-2-4-6-11/h2-3,5-9H,1H3. The van der Waals surface area contributed by atoms with E-state index in [2.05, 4.69) is 6.07 Å². The van der Waals surface area contributed by atoms with Crippen molar-refractivity contribution in [3.63, 3.8) is 0 Å². The average Bonchev–Trinajstić information content (AvgIpc) is 2.24. The lowest BCUT2D eigenvalue weighted by atomic mass is 10.2. The Labute approximate surface area is 94.3 Å². The van der Waals surface area contributed by atoms with Gasteiger partial charge in [0.1, 0.15) is 11.5 Å². The molecule has 0 heterocycles. The summed E-state index contributed by atoms with van der Waals surface area (Å²) in [5, 5.41) is 0.624. The molecule has 0 N–H and O–H groups in total. The third-order valence-electron chi connectivity index (χ3n) is 1.99. The van der Waals surface area contributed by atoms with E-state index in [4.69, 9.17) is 16.3 Å². The molecule has 0 atom stereocenters. The second-order valence-corrected chi connectivity index (χ2v) is 3.68. The van der Waals surface area contributed by atoms with Crippen molar-refractivity contribution >= 4 is 11.6 Å². The van der Waals surface area contributed by atoms with Gasteiger partial charge in [-0.1, -0.05) is 29.8 Å². The van der Waals surface area contributed by atoms with Crippen molar-refractivity contribution in [2.24, 2.45) is 0 Å². The molecule has 15 heavy (non-hydrogen) atoms. The van der Waals surface area contributed by atoms with Crippen molar-refractivity contribution in [3.05, 3.63) is 59.1 Å². The SMILES string of the molecule is Cc1ccc(Oc2c[c]ccc2)c(Cl)c1. The smallest absolute Gasteiger partial charge is 0.146 e. The largest absolute Gasteiger partial charge is 0.456 e. The van der Waals surface area contributed by atoms with Gasteiger partial charge in [-0.05, 0) is 42.8 Å². The molecule has 0 spiro atoms. The molecule has 1 radical (unpaired) electrons. The van der Waals surface area contributed by atoms with Gasteiger partial charge >= 0.3 is 0 Å². The van der Waals surface area contributed by atoms with Crippen LogP contribution >= 0.6 is 11.6 Å². The van der Waals surface area contributed by atoms with E-state index in [1.165, 1.54) is 0 Å². The summed E-state index contributed by atoms with van der Waals surface area (Å²) in [5.41, 5.74) is 1.12. The molecular weight excluding hydrogens is 208 g/mol. The summed E-state index contributed by atoms with van der Waals surface area (Å²) in [4.78, 5) is 0. The topological polar surface area (TPSA) is 9.23 Å². The Hall–Kier alpha value is -1.47. The van der Waals surface area contributed by atoms with E-state index in [1.807, 2.05) is 43.3 Å². The molecule has 0 amide bonds. The first kappa shape index (κ1) is 10.1. The van der Waals surface area contributed by atoms with Crippen LogP contribution in [0.25, 0.3) is 0 Å². The fraction of sp³-hybridized carbons (Fsp3) is 0.0769. The van der Waals surface area contributed by atoms with E-state index in [1.54, 1.807) is 6.07 Å². The third-order valence-corrected chi connectivity index (χ3v) is 2.29. The van der Waals surface area contributed by atoms with Gasteiger partial charge in [0, 0.05) is 0 Å². The number of halogens is 1. The molecule has 0 aliphatic carbocycles. The van der Waals surface area contributed by atoms with Gasteiger partial charge < -0.3 is 4.74 Å². The molecule has 0 saturated heterocycles. The fourth-order valence-electron chi connectivity index (χ4n) is 1.26. The minimum absolute atomic E-state index is 0.624. The van der Waals surface area contributed by atoms with Crippen LogP contribution in [-0.4, -0.2) is 0 Å². The third kappa shape index (κ3) is 2.51. The molecule has 1 nitrogen and oxygen atoms in total. The zero-order chi connectivity index (χ0) is 10.7. The van der Waals surface area contributed by atoms with Crippen LogP contribution in [0.1, 0.15) is 5.56 Å². The quantitative estimate of drug-likeness (QED) is 0.731. The summed E-state index contributed by atoms with van der Waals surface area (Å²) in [6.07, 6.45) is 0. The maximum absolute atomic E-state index is 6.04. The summed E-state index contributed by atoms with van der Waals surface area (Å²) in [7, 11) is 0. The summed E-state index contributed by atoms with van der Waals surface area (Å²) >= 11 is 6.04. The van der Waals surface area contributed by atoms with Gasteiger partial charge in [0.15, 0.2) is 0 Å². The summed E-state index contributed by atoms with van der Waals surface area (Å²) in [5.74, 6) is 1.41. The number of benzene rings is 2. The van der Waals surface area contributed by atoms with Crippen LogP contribution in [0.15, 0.2) is 42.5 Å². The van der Waals surface area contributed by atoms with Gasteiger partial charge in [-0.2, -0.15) is 0 Å². The molecular formula is C13H10ClO. The summed E-state index contributed by atoms with van der Waals surface area (Å²) in [6.45, 7) is 1.99. The van der Waals surface area contributed by atoms with Crippen molar-refractivity contribution in [2.45, 2.75) is 6.92 Å². The zero-order valence-corrected chi connectivity index (χ0v) is 9.08. The minimum Gasteiger partial charge on any atom is -0.456 e. The van der Waals surface area contributed by atoms with Crippen LogP contribution in [0, 0.1) is 13.0 Å². The Morgan fingerprint density at radius 3 is 2.80 bits per heavy atom. The monoisotopic (exact) mass is 217 g/mol. The van der Waals surface area contributed by atoms with Crippen molar-refractivity contribution in [1.29, 1.82) is 0 Å². The molecule has 75 valence electrons. The normalized spacial score (nSPS) is 10.0. The molecule has 2 rings (SSSR count). The van der Waals surface area contributed by atoms with E-state index in [-0.39, 0.29) is 0 Å². The maximum atomic E-state index is 6.04. The molecule has 0 saturated carbocycles. The van der Waals surface area contributed by atoms with Crippen LogP contribution < -0.4 is 4.74 Å². The Morgan fingerprint density at radius 2 is 2.13 bits per heavy atom. The highest BCUT2D eigenvalue weighted by Gasteiger charge is 2.02. The predicted octanol–water partition coefficient (Wildman–Crippen LogP) is 4.24. The fourth-order valence-corrected chi connectivity index (χ4v) is 1.53. The van der Waals surface area contributed by atoms with E-state index in [0.29, 0.717) is 10.8 Å². The van der Waals surface area contributed by atoms with Gasteiger partial charge in [-0.3, -0.25) is 0 Å². The van der Waals surface area contributed by atoms with Crippen molar-refractivity contribution in [3.8, 4) is 11.5 Å². The predicted molar refractivity (Wildman–Crippen MR) is 61.5 cm³/mol. The number of ether oxygens (including phenoxy) is 1. The van der Waals surface area contributed by atoms with Gasteiger partial charge in [-0.25, -0.2) is 0 Å². The Bertz CT molecular complexity index is 451. The van der Waals surface area contributed by atoms with Crippen LogP contribution in [0.3, 0.4) is 0 Å². The van der Waals surface area contributed by atoms with Gasteiger partial charge in [-0.15, -0.1) is 0 Å². The molecule has 2 heteroatoms. The lowest BCUT2D eigenvalue weighted by molar-refractivity contribution is 0.482. The molecule has 2 aromatic rings. The second kappa shape index (κ2) is 4.37. The first-order chi connectivity index (χ1) is 7.25. The molecule has 0 aliphatic rings. The number of rotatable bonds is 2. The van der Waals surface area contributed by atoms with Crippen LogP contribution in [0.4, 0.5) is 0 Å². The zero-order valence-electron chi connectivity index (χ0n) is 8.33. The molecule has 0 aromatic heterocycles. The van der Waals surface area contributed by atoms with Gasteiger partial charge in [0.2, 0.25) is 0 Å². The van der Waals surface area contributed by atoms with E-state index in [0.717, 1.165) is 11.3 Å². The van der Waals surface area contributed by atoms with E-state index < -0.39 is 0 Å². The average molecular weight is 218 g/mol. The van der Waals surface area contributed by atoms with Crippen LogP contribution in [0.2, 0.25) is 5.02 Å². The van der Waals surface area contributed by atoms with Crippen molar-refractivity contribution in [1.82, 2.24) is 0 Å². The van der Waals surface area contributed by atoms with Gasteiger partial charge in [0.25, 0.3) is 0 Å². The lowest BCUT2D eigenvalue weighted by Gasteiger charge is -2.07. The highest BCUT2D eigenvalue weighted by molar-refractivity contribution is 6.32. The van der Waals surface area contributed by atoms with Gasteiger partial charge in [0.05, 0.1) is 5.02 Å². The number of aryl methyl sites for hydroxylation is 1. The Kier molecular flexibility index (Phi) is 2.93. The molecule has 0 aliphatic heterocycles. The number of hydrogen-bond acceptors (Lipinski definition) is 1. The van der Waals surface area contributed by atoms with E-state index >= 15 is 0 Å². The summed E-state index contributed by atoms with van der Waals surface area (Å²) < 4.78 is 5.60. The van der Waals surface area contributed by atoms with Crippen molar-refractivity contribution < 1.29 is 4.74 Å². The van der Waals surface area contributed by atoms with Crippen LogP contribution in [-0.2, 0) is 0 Å². The first-order valence-corrected chi connectivity index (χ1v) is 5.03. The van der Waals surface area contributed by atoms with E-state index in [9.17, 15) is 0 Å². The first-order valence-electron chi connectivity index (χ1n) is 4.66. The molecule has 2 aromatic carbocycles. The highest BCUT2D eigenvalue weighted by atomic mass is 35.5. The van der Waals surface area contributed by atoms with Crippen LogP contribution in [0.5, 0.6) is 11.5 Å². The Morgan fingerprint density at radius 1 is 1.27 bits per heavy atom. The second-order valence-electron chi connectivity index (χ2n) is 3.28. The summed E-state index contributed by atoms with van der Waals surface area (Å²) in [6, 6.07) is 16.0. The molecule has 0 bridgehead atoms. The molecule has 0 unspecified atom stereocenters. The highest BCUT2D eigenvalue weighted by Crippen LogP contribution is 2.29. The Balaban J connectivity index is 2.25. The van der Waals surface area contributed by atoms with Crippen molar-refractivity contribution in [2.75, 3.05) is 0 Å². The lowest BCUT2D eigenvalue weighted by Crippen LogP contribution is -1.85. The minimum atomic E-state index is 0.624. The number of hydrogen-bond donors (Lipinski definition) is 0. The molecule has 0 fully saturated rings. The maximum Gasteiger partial charge on any atom is 0.146 e.